The van der Waals surface area contributed by atoms with Crippen molar-refractivity contribution >= 4 is 11.4 Å². The summed E-state index contributed by atoms with van der Waals surface area (Å²) in [6, 6.07) is 6.90. The van der Waals surface area contributed by atoms with Crippen LogP contribution >= 0.6 is 0 Å². The first-order valence-corrected chi connectivity index (χ1v) is 7.72. The first kappa shape index (κ1) is 13.4. The van der Waals surface area contributed by atoms with E-state index in [4.69, 9.17) is 0 Å². The Bertz CT molecular complexity index is 472. The number of non-ortho nitro benzene ring substituents is 1. The Morgan fingerprint density at radius 1 is 1.05 bits per heavy atom. The van der Waals surface area contributed by atoms with E-state index in [1.807, 2.05) is 12.1 Å². The van der Waals surface area contributed by atoms with Gasteiger partial charge in [0.2, 0.25) is 0 Å². The Labute approximate surface area is 119 Å². The molecule has 0 unspecified atom stereocenters. The average molecular weight is 274 g/mol. The number of nitrogens with one attached hydrogen (secondary N) is 1. The van der Waals surface area contributed by atoms with Gasteiger partial charge in [0.25, 0.3) is 5.69 Å². The van der Waals surface area contributed by atoms with E-state index in [1.165, 1.54) is 51.4 Å². The van der Waals surface area contributed by atoms with Gasteiger partial charge in [0, 0.05) is 23.4 Å². The lowest BCUT2D eigenvalue weighted by atomic mass is 9.65. The number of fused-ring (bicyclic) bond motifs is 1. The van der Waals surface area contributed by atoms with Crippen LogP contribution in [0.25, 0.3) is 0 Å². The number of nitro benzene ring substituents is 1. The first-order chi connectivity index (χ1) is 9.70. The summed E-state index contributed by atoms with van der Waals surface area (Å²) in [5, 5.41) is 14.5. The van der Waals surface area contributed by atoms with Crippen LogP contribution in [0.2, 0.25) is 0 Å². The summed E-state index contributed by atoms with van der Waals surface area (Å²) in [7, 11) is 0. The zero-order valence-corrected chi connectivity index (χ0v) is 11.8. The third-order valence-corrected chi connectivity index (χ3v) is 5.10. The molecular formula is C16H22N2O2. The number of hydrogen-bond acceptors (Lipinski definition) is 3. The highest BCUT2D eigenvalue weighted by molar-refractivity contribution is 5.50. The van der Waals surface area contributed by atoms with Gasteiger partial charge in [0.15, 0.2) is 0 Å². The minimum Gasteiger partial charge on any atom is -0.379 e. The first-order valence-electron chi connectivity index (χ1n) is 7.72. The van der Waals surface area contributed by atoms with Crippen molar-refractivity contribution in [2.45, 2.75) is 56.9 Å². The summed E-state index contributed by atoms with van der Waals surface area (Å²) < 4.78 is 0. The molecule has 1 N–H and O–H groups in total. The molecule has 0 bridgehead atoms. The van der Waals surface area contributed by atoms with E-state index in [2.05, 4.69) is 5.32 Å². The van der Waals surface area contributed by atoms with Crippen molar-refractivity contribution in [3.05, 3.63) is 34.4 Å². The fourth-order valence-corrected chi connectivity index (χ4v) is 4.07. The van der Waals surface area contributed by atoms with E-state index >= 15 is 0 Å². The molecule has 3 rings (SSSR count). The Morgan fingerprint density at radius 3 is 2.20 bits per heavy atom. The summed E-state index contributed by atoms with van der Waals surface area (Å²) in [4.78, 5) is 10.4. The van der Waals surface area contributed by atoms with Crippen molar-refractivity contribution < 1.29 is 4.92 Å². The van der Waals surface area contributed by atoms with E-state index in [0.29, 0.717) is 0 Å². The third-order valence-electron chi connectivity index (χ3n) is 5.10. The molecule has 2 fully saturated rings. The van der Waals surface area contributed by atoms with E-state index in [0.717, 1.165) is 11.6 Å². The molecule has 0 aromatic heterocycles. The summed E-state index contributed by atoms with van der Waals surface area (Å²) in [5.74, 6) is 0.778. The third kappa shape index (κ3) is 2.51. The van der Waals surface area contributed by atoms with Crippen molar-refractivity contribution in [3.8, 4) is 0 Å². The highest BCUT2D eigenvalue weighted by atomic mass is 16.6. The van der Waals surface area contributed by atoms with Crippen LogP contribution in [-0.2, 0) is 0 Å². The lowest BCUT2D eigenvalue weighted by Gasteiger charge is -2.48. The van der Waals surface area contributed by atoms with Gasteiger partial charge in [-0.2, -0.15) is 0 Å². The Hall–Kier alpha value is -1.58. The Kier molecular flexibility index (Phi) is 3.64. The highest BCUT2D eigenvalue weighted by Crippen LogP contribution is 2.45. The molecule has 2 aliphatic rings. The summed E-state index contributed by atoms with van der Waals surface area (Å²) in [5.41, 5.74) is 1.44. The van der Waals surface area contributed by atoms with Crippen LogP contribution < -0.4 is 5.32 Å². The van der Waals surface area contributed by atoms with Crippen LogP contribution in [0.15, 0.2) is 24.3 Å². The normalized spacial score (nSPS) is 29.5. The van der Waals surface area contributed by atoms with Crippen LogP contribution in [0, 0.1) is 16.0 Å². The number of rotatable bonds is 3. The second kappa shape index (κ2) is 5.43. The van der Waals surface area contributed by atoms with Gasteiger partial charge in [0.1, 0.15) is 0 Å². The van der Waals surface area contributed by atoms with Crippen LogP contribution in [0.5, 0.6) is 0 Å². The quantitative estimate of drug-likeness (QED) is 0.651. The molecule has 2 saturated carbocycles. The highest BCUT2D eigenvalue weighted by Gasteiger charge is 2.41. The average Bonchev–Trinajstić information content (AvgIpc) is 2.47. The van der Waals surface area contributed by atoms with Gasteiger partial charge in [-0.25, -0.2) is 0 Å². The van der Waals surface area contributed by atoms with Crippen LogP contribution in [0.4, 0.5) is 11.4 Å². The van der Waals surface area contributed by atoms with Gasteiger partial charge in [-0.1, -0.05) is 25.7 Å². The van der Waals surface area contributed by atoms with Crippen molar-refractivity contribution in [1.29, 1.82) is 0 Å². The van der Waals surface area contributed by atoms with Gasteiger partial charge in [-0.05, 0) is 43.7 Å². The van der Waals surface area contributed by atoms with Gasteiger partial charge in [-0.15, -0.1) is 0 Å². The molecule has 0 radical (unpaired) electrons. The molecule has 0 atom stereocenters. The number of nitro groups is 1. The smallest absolute Gasteiger partial charge is 0.269 e. The summed E-state index contributed by atoms with van der Waals surface area (Å²) in [6.07, 6.45) is 10.5. The van der Waals surface area contributed by atoms with Gasteiger partial charge < -0.3 is 5.32 Å². The van der Waals surface area contributed by atoms with E-state index in [1.54, 1.807) is 12.1 Å². The van der Waals surface area contributed by atoms with Crippen LogP contribution in [-0.4, -0.2) is 10.5 Å². The fraction of sp³-hybridized carbons (Fsp3) is 0.625. The summed E-state index contributed by atoms with van der Waals surface area (Å²) >= 11 is 0. The molecule has 0 spiro atoms. The van der Waals surface area contributed by atoms with Gasteiger partial charge >= 0.3 is 0 Å². The van der Waals surface area contributed by atoms with Crippen LogP contribution in [0.1, 0.15) is 51.4 Å². The largest absolute Gasteiger partial charge is 0.379 e. The maximum atomic E-state index is 10.7. The Balaban J connectivity index is 1.78. The Morgan fingerprint density at radius 2 is 1.65 bits per heavy atom. The van der Waals surface area contributed by atoms with E-state index in [9.17, 15) is 10.1 Å². The summed E-state index contributed by atoms with van der Waals surface area (Å²) in [6.45, 7) is 0. The lowest BCUT2D eigenvalue weighted by Crippen LogP contribution is -2.49. The van der Waals surface area contributed by atoms with Gasteiger partial charge in [0.05, 0.1) is 4.92 Å². The number of benzene rings is 1. The van der Waals surface area contributed by atoms with E-state index in [-0.39, 0.29) is 16.1 Å². The van der Waals surface area contributed by atoms with Crippen molar-refractivity contribution in [2.75, 3.05) is 5.32 Å². The zero-order chi connectivity index (χ0) is 14.0. The van der Waals surface area contributed by atoms with Crippen molar-refractivity contribution in [1.82, 2.24) is 0 Å². The molecule has 0 heterocycles. The molecule has 1 aromatic carbocycles. The molecule has 0 saturated heterocycles. The zero-order valence-electron chi connectivity index (χ0n) is 11.8. The second-order valence-corrected chi connectivity index (χ2v) is 6.27. The maximum Gasteiger partial charge on any atom is 0.269 e. The van der Waals surface area contributed by atoms with E-state index < -0.39 is 0 Å². The number of nitrogens with zero attached hydrogens (tertiary/aromatic N) is 1. The number of anilines is 1. The lowest BCUT2D eigenvalue weighted by molar-refractivity contribution is -0.384. The molecule has 2 aliphatic carbocycles. The molecule has 20 heavy (non-hydrogen) atoms. The molecule has 4 nitrogen and oxygen atoms in total. The number of hydrogen-bond donors (Lipinski definition) is 1. The standard InChI is InChI=1S/C16H22N2O2/c19-18(20)15-9-7-14(8-10-15)17-16-11-3-1-5-13(16)6-2-4-12-16/h7-10,13,17H,1-6,11-12H2. The minimum absolute atomic E-state index is 0.164. The fourth-order valence-electron chi connectivity index (χ4n) is 4.07. The van der Waals surface area contributed by atoms with Crippen molar-refractivity contribution in [2.24, 2.45) is 5.92 Å². The molecule has 0 aliphatic heterocycles. The minimum atomic E-state index is -0.341. The molecule has 108 valence electrons. The molecule has 0 amide bonds. The monoisotopic (exact) mass is 274 g/mol. The van der Waals surface area contributed by atoms with Crippen LogP contribution in [0.3, 0.4) is 0 Å². The topological polar surface area (TPSA) is 55.2 Å². The maximum absolute atomic E-state index is 10.7. The van der Waals surface area contributed by atoms with Gasteiger partial charge in [-0.3, -0.25) is 10.1 Å². The molecular weight excluding hydrogens is 252 g/mol. The predicted molar refractivity (Wildman–Crippen MR) is 79.9 cm³/mol. The SMILES string of the molecule is O=[N+]([O-])c1ccc(NC23CCCCC2CCCC3)cc1. The molecule has 1 aromatic rings. The predicted octanol–water partition coefficient (Wildman–Crippen LogP) is 4.51. The second-order valence-electron chi connectivity index (χ2n) is 6.27. The van der Waals surface area contributed by atoms with Crippen molar-refractivity contribution in [3.63, 3.8) is 0 Å². The molecule has 4 heteroatoms.